The molecule has 5 nitrogen and oxygen atoms in total. The summed E-state index contributed by atoms with van der Waals surface area (Å²) < 4.78 is 5.27. The lowest BCUT2D eigenvalue weighted by Crippen LogP contribution is -2.41. The van der Waals surface area contributed by atoms with Crippen LogP contribution in [0.3, 0.4) is 0 Å². The average Bonchev–Trinajstić information content (AvgIpc) is 2.48. The number of hydrogen-bond donors (Lipinski definition) is 1. The van der Waals surface area contributed by atoms with Gasteiger partial charge in [0.1, 0.15) is 5.75 Å². The molecule has 21 heavy (non-hydrogen) atoms. The van der Waals surface area contributed by atoms with Crippen molar-refractivity contribution in [1.82, 2.24) is 4.90 Å². The zero-order chi connectivity index (χ0) is 15.6. The third kappa shape index (κ3) is 3.17. The van der Waals surface area contributed by atoms with Crippen LogP contribution in [0.25, 0.3) is 0 Å². The Morgan fingerprint density at radius 1 is 1.19 bits per heavy atom. The number of amides is 2. The Balaban J connectivity index is 2.14. The number of carbonyl (C=O) groups excluding carboxylic acids is 2. The van der Waals surface area contributed by atoms with E-state index < -0.39 is 0 Å². The first-order chi connectivity index (χ1) is 9.93. The van der Waals surface area contributed by atoms with Crippen LogP contribution in [-0.2, 0) is 4.79 Å². The van der Waals surface area contributed by atoms with E-state index in [1.807, 2.05) is 26.0 Å². The van der Waals surface area contributed by atoms with E-state index in [1.165, 1.54) is 0 Å². The molecule has 0 spiro atoms. The topological polar surface area (TPSA) is 72.6 Å². The zero-order valence-corrected chi connectivity index (χ0v) is 12.8. The zero-order valence-electron chi connectivity index (χ0n) is 12.8. The summed E-state index contributed by atoms with van der Waals surface area (Å²) in [6.07, 6.45) is 1.30. The molecule has 2 N–H and O–H groups in total. The lowest BCUT2D eigenvalue weighted by Gasteiger charge is -2.31. The number of primary amides is 1. The van der Waals surface area contributed by atoms with Crippen LogP contribution in [0, 0.1) is 19.8 Å². The summed E-state index contributed by atoms with van der Waals surface area (Å²) in [5.74, 6) is 0.434. The summed E-state index contributed by atoms with van der Waals surface area (Å²) in [4.78, 5) is 25.6. The number of nitrogens with two attached hydrogens (primary N) is 1. The quantitative estimate of drug-likeness (QED) is 0.920. The molecular weight excluding hydrogens is 268 g/mol. The molecule has 1 aromatic rings. The van der Waals surface area contributed by atoms with Gasteiger partial charge in [-0.25, -0.2) is 0 Å². The number of likely N-dealkylation sites (tertiary alicyclic amines) is 1. The summed E-state index contributed by atoms with van der Waals surface area (Å²) in [7, 11) is 1.62. The molecule has 0 atom stereocenters. The van der Waals surface area contributed by atoms with Crippen LogP contribution >= 0.6 is 0 Å². The smallest absolute Gasteiger partial charge is 0.254 e. The van der Waals surface area contributed by atoms with Crippen LogP contribution in [0.4, 0.5) is 0 Å². The SMILES string of the molecule is COc1cc(C)c(C(=O)N2CCC(C(N)=O)CC2)cc1C. The molecule has 1 fully saturated rings. The van der Waals surface area contributed by atoms with E-state index in [2.05, 4.69) is 0 Å². The highest BCUT2D eigenvalue weighted by molar-refractivity contribution is 5.96. The number of hydrogen-bond acceptors (Lipinski definition) is 3. The molecule has 1 saturated heterocycles. The van der Waals surface area contributed by atoms with Crippen LogP contribution in [0.2, 0.25) is 0 Å². The monoisotopic (exact) mass is 290 g/mol. The highest BCUT2D eigenvalue weighted by Crippen LogP contribution is 2.25. The highest BCUT2D eigenvalue weighted by Gasteiger charge is 2.27. The van der Waals surface area contributed by atoms with Crippen LogP contribution in [0.15, 0.2) is 12.1 Å². The van der Waals surface area contributed by atoms with Gasteiger partial charge < -0.3 is 15.4 Å². The van der Waals surface area contributed by atoms with Gasteiger partial charge in [0.25, 0.3) is 5.91 Å². The Morgan fingerprint density at radius 3 is 2.33 bits per heavy atom. The number of piperidine rings is 1. The Kier molecular flexibility index (Phi) is 4.50. The summed E-state index contributed by atoms with van der Waals surface area (Å²) >= 11 is 0. The van der Waals surface area contributed by atoms with Gasteiger partial charge in [0.15, 0.2) is 0 Å². The second-order valence-corrected chi connectivity index (χ2v) is 5.61. The second-order valence-electron chi connectivity index (χ2n) is 5.61. The van der Waals surface area contributed by atoms with Crippen molar-refractivity contribution in [2.45, 2.75) is 26.7 Å². The lowest BCUT2D eigenvalue weighted by atomic mass is 9.95. The number of ether oxygens (including phenoxy) is 1. The standard InChI is InChI=1S/C16H22N2O3/c1-10-9-14(21-3)11(2)8-13(10)16(20)18-6-4-12(5-7-18)15(17)19/h8-9,12H,4-7H2,1-3H3,(H2,17,19). The molecule has 0 saturated carbocycles. The van der Waals surface area contributed by atoms with Crippen LogP contribution in [-0.4, -0.2) is 36.9 Å². The number of benzene rings is 1. The highest BCUT2D eigenvalue weighted by atomic mass is 16.5. The predicted molar refractivity (Wildman–Crippen MR) is 80.3 cm³/mol. The van der Waals surface area contributed by atoms with Crippen LogP contribution in [0.1, 0.15) is 34.3 Å². The predicted octanol–water partition coefficient (Wildman–Crippen LogP) is 1.65. The van der Waals surface area contributed by atoms with Crippen molar-refractivity contribution in [3.8, 4) is 5.75 Å². The number of carbonyl (C=O) groups is 2. The van der Waals surface area contributed by atoms with E-state index >= 15 is 0 Å². The van der Waals surface area contributed by atoms with E-state index in [1.54, 1.807) is 12.0 Å². The number of aryl methyl sites for hydroxylation is 2. The van der Waals surface area contributed by atoms with Gasteiger partial charge in [-0.15, -0.1) is 0 Å². The summed E-state index contributed by atoms with van der Waals surface area (Å²) in [5, 5.41) is 0. The van der Waals surface area contributed by atoms with Crippen molar-refractivity contribution in [2.24, 2.45) is 11.7 Å². The number of methoxy groups -OCH3 is 1. The molecule has 1 heterocycles. The average molecular weight is 290 g/mol. The van der Waals surface area contributed by atoms with E-state index in [4.69, 9.17) is 10.5 Å². The first-order valence-electron chi connectivity index (χ1n) is 7.18. The summed E-state index contributed by atoms with van der Waals surface area (Å²) in [6.45, 7) is 4.99. The minimum atomic E-state index is -0.265. The summed E-state index contributed by atoms with van der Waals surface area (Å²) in [5.41, 5.74) is 7.86. The molecular formula is C16H22N2O3. The molecule has 2 rings (SSSR count). The minimum absolute atomic E-state index is 0.0150. The first kappa shape index (κ1) is 15.4. The normalized spacial score (nSPS) is 15.9. The molecule has 0 aromatic heterocycles. The molecule has 0 aliphatic carbocycles. The fourth-order valence-electron chi connectivity index (χ4n) is 2.78. The maximum Gasteiger partial charge on any atom is 0.254 e. The third-order valence-electron chi connectivity index (χ3n) is 4.16. The molecule has 1 aromatic carbocycles. The second kappa shape index (κ2) is 6.16. The minimum Gasteiger partial charge on any atom is -0.496 e. The van der Waals surface area contributed by atoms with Gasteiger partial charge in [-0.1, -0.05) is 0 Å². The van der Waals surface area contributed by atoms with Crippen LogP contribution < -0.4 is 10.5 Å². The van der Waals surface area contributed by atoms with Crippen molar-refractivity contribution in [3.63, 3.8) is 0 Å². The lowest BCUT2D eigenvalue weighted by molar-refractivity contribution is -0.123. The van der Waals surface area contributed by atoms with Gasteiger partial charge in [-0.05, 0) is 49.9 Å². The third-order valence-corrected chi connectivity index (χ3v) is 4.16. The molecule has 0 unspecified atom stereocenters. The molecule has 1 aliphatic heterocycles. The fourth-order valence-corrected chi connectivity index (χ4v) is 2.78. The van der Waals surface area contributed by atoms with Gasteiger partial charge >= 0.3 is 0 Å². The van der Waals surface area contributed by atoms with Gasteiger partial charge in [-0.3, -0.25) is 9.59 Å². The molecule has 1 aliphatic rings. The Labute approximate surface area is 125 Å². The number of nitrogens with zero attached hydrogens (tertiary/aromatic N) is 1. The number of rotatable bonds is 3. The molecule has 5 heteroatoms. The molecule has 2 amide bonds. The Bertz CT molecular complexity index is 561. The fraction of sp³-hybridized carbons (Fsp3) is 0.500. The largest absolute Gasteiger partial charge is 0.496 e. The molecule has 0 radical (unpaired) electrons. The van der Waals surface area contributed by atoms with Gasteiger partial charge in [0.2, 0.25) is 5.91 Å². The van der Waals surface area contributed by atoms with Crippen molar-refractivity contribution in [2.75, 3.05) is 20.2 Å². The maximum absolute atomic E-state index is 12.6. The van der Waals surface area contributed by atoms with Crippen molar-refractivity contribution in [3.05, 3.63) is 28.8 Å². The van der Waals surface area contributed by atoms with Crippen molar-refractivity contribution >= 4 is 11.8 Å². The van der Waals surface area contributed by atoms with E-state index in [-0.39, 0.29) is 17.7 Å². The van der Waals surface area contributed by atoms with Gasteiger partial charge in [-0.2, -0.15) is 0 Å². The maximum atomic E-state index is 12.6. The Hall–Kier alpha value is -2.04. The van der Waals surface area contributed by atoms with Crippen molar-refractivity contribution in [1.29, 1.82) is 0 Å². The summed E-state index contributed by atoms with van der Waals surface area (Å²) in [6, 6.07) is 3.76. The Morgan fingerprint density at radius 2 is 1.81 bits per heavy atom. The van der Waals surface area contributed by atoms with Gasteiger partial charge in [0, 0.05) is 24.6 Å². The van der Waals surface area contributed by atoms with E-state index in [0.717, 1.165) is 16.9 Å². The first-order valence-corrected chi connectivity index (χ1v) is 7.18. The van der Waals surface area contributed by atoms with Crippen LogP contribution in [0.5, 0.6) is 5.75 Å². The molecule has 114 valence electrons. The molecule has 0 bridgehead atoms. The van der Waals surface area contributed by atoms with Gasteiger partial charge in [0.05, 0.1) is 7.11 Å². The van der Waals surface area contributed by atoms with E-state index in [0.29, 0.717) is 31.5 Å². The van der Waals surface area contributed by atoms with E-state index in [9.17, 15) is 9.59 Å². The van der Waals surface area contributed by atoms with Crippen molar-refractivity contribution < 1.29 is 14.3 Å².